The van der Waals surface area contributed by atoms with Crippen molar-refractivity contribution in [1.29, 1.82) is 0 Å². The van der Waals surface area contributed by atoms with Crippen molar-refractivity contribution < 1.29 is 14.3 Å². The highest BCUT2D eigenvalue weighted by molar-refractivity contribution is 5.78. The Bertz CT molecular complexity index is 536. The molecule has 2 unspecified atom stereocenters. The molecule has 134 valence electrons. The average molecular weight is 336 g/mol. The van der Waals surface area contributed by atoms with Gasteiger partial charge in [-0.05, 0) is 49.4 Å². The van der Waals surface area contributed by atoms with Crippen molar-refractivity contribution in [1.82, 2.24) is 10.2 Å². The first-order valence-electron chi connectivity index (χ1n) is 8.88. The van der Waals surface area contributed by atoms with Crippen LogP contribution in [0.2, 0.25) is 0 Å². The Labute approximate surface area is 144 Å². The zero-order valence-corrected chi connectivity index (χ0v) is 14.7. The number of piperidine rings is 1. The first-order valence-corrected chi connectivity index (χ1v) is 8.88. The van der Waals surface area contributed by atoms with E-state index in [4.69, 9.17) is 0 Å². The summed E-state index contributed by atoms with van der Waals surface area (Å²) in [5.41, 5.74) is 0.941. The zero-order chi connectivity index (χ0) is 17.5. The molecule has 0 aromatic heterocycles. The number of halogens is 1. The predicted molar refractivity (Wildman–Crippen MR) is 92.9 cm³/mol. The standard InChI is InChI=1S/C19H29FN2O2/c1-14(2)18(23)8-9-21-19(24)16-6-4-10-22(13-16)12-15-5-3-7-17(20)11-15/h3,5,7,11,14,16,18,23H,4,6,8-10,12-13H2,1-2H3,(H,21,24). The van der Waals surface area contributed by atoms with Gasteiger partial charge in [0.15, 0.2) is 0 Å². The Balaban J connectivity index is 1.78. The van der Waals surface area contributed by atoms with Crippen molar-refractivity contribution in [3.63, 3.8) is 0 Å². The molecule has 5 heteroatoms. The van der Waals surface area contributed by atoms with E-state index in [1.165, 1.54) is 6.07 Å². The molecule has 1 fully saturated rings. The molecule has 0 aliphatic carbocycles. The molecular formula is C19H29FN2O2. The van der Waals surface area contributed by atoms with Crippen molar-refractivity contribution in [2.24, 2.45) is 11.8 Å². The highest BCUT2D eigenvalue weighted by Gasteiger charge is 2.25. The summed E-state index contributed by atoms with van der Waals surface area (Å²) in [4.78, 5) is 14.5. The third-order valence-electron chi connectivity index (χ3n) is 4.68. The van der Waals surface area contributed by atoms with E-state index in [0.29, 0.717) is 26.1 Å². The minimum absolute atomic E-state index is 0.0245. The number of aliphatic hydroxyl groups excluding tert-OH is 1. The van der Waals surface area contributed by atoms with Gasteiger partial charge >= 0.3 is 0 Å². The fourth-order valence-corrected chi connectivity index (χ4v) is 3.13. The molecule has 2 atom stereocenters. The summed E-state index contributed by atoms with van der Waals surface area (Å²) in [5, 5.41) is 12.7. The van der Waals surface area contributed by atoms with Crippen molar-refractivity contribution in [3.05, 3.63) is 35.6 Å². The lowest BCUT2D eigenvalue weighted by Gasteiger charge is -2.32. The Morgan fingerprint density at radius 1 is 1.46 bits per heavy atom. The van der Waals surface area contributed by atoms with Crippen LogP contribution in [0.25, 0.3) is 0 Å². The summed E-state index contributed by atoms with van der Waals surface area (Å²) in [7, 11) is 0. The lowest BCUT2D eigenvalue weighted by atomic mass is 9.96. The molecule has 1 heterocycles. The second-order valence-electron chi connectivity index (χ2n) is 7.10. The molecule has 1 amide bonds. The van der Waals surface area contributed by atoms with Gasteiger partial charge in [0, 0.05) is 19.6 Å². The number of nitrogens with one attached hydrogen (secondary N) is 1. The Kier molecular flexibility index (Phi) is 7.18. The quantitative estimate of drug-likeness (QED) is 0.805. The highest BCUT2D eigenvalue weighted by Crippen LogP contribution is 2.19. The van der Waals surface area contributed by atoms with Gasteiger partial charge in [-0.1, -0.05) is 26.0 Å². The first-order chi connectivity index (χ1) is 11.5. The maximum atomic E-state index is 13.3. The number of likely N-dealkylation sites (tertiary alicyclic amines) is 1. The van der Waals surface area contributed by atoms with Crippen LogP contribution in [0.15, 0.2) is 24.3 Å². The highest BCUT2D eigenvalue weighted by atomic mass is 19.1. The Morgan fingerprint density at radius 3 is 2.96 bits per heavy atom. The number of amides is 1. The van der Waals surface area contributed by atoms with Crippen molar-refractivity contribution in [2.45, 2.75) is 45.8 Å². The van der Waals surface area contributed by atoms with E-state index in [-0.39, 0.29) is 29.7 Å². The van der Waals surface area contributed by atoms with Crippen LogP contribution in [-0.4, -0.2) is 41.7 Å². The number of rotatable bonds is 7. The fourth-order valence-electron chi connectivity index (χ4n) is 3.13. The molecule has 0 bridgehead atoms. The fraction of sp³-hybridized carbons (Fsp3) is 0.632. The number of carbonyl (C=O) groups excluding carboxylic acids is 1. The van der Waals surface area contributed by atoms with Crippen molar-refractivity contribution >= 4 is 5.91 Å². The maximum absolute atomic E-state index is 13.3. The topological polar surface area (TPSA) is 52.6 Å². The van der Waals surface area contributed by atoms with E-state index < -0.39 is 0 Å². The van der Waals surface area contributed by atoms with Crippen molar-refractivity contribution in [3.8, 4) is 0 Å². The van der Waals surface area contributed by atoms with Crippen LogP contribution >= 0.6 is 0 Å². The average Bonchev–Trinajstić information content (AvgIpc) is 2.54. The summed E-state index contributed by atoms with van der Waals surface area (Å²) in [6, 6.07) is 6.64. The molecule has 1 aliphatic heterocycles. The van der Waals surface area contributed by atoms with Gasteiger partial charge in [-0.15, -0.1) is 0 Å². The van der Waals surface area contributed by atoms with Crippen LogP contribution in [0.4, 0.5) is 4.39 Å². The molecule has 1 aliphatic rings. The third kappa shape index (κ3) is 5.87. The van der Waals surface area contributed by atoms with Crippen LogP contribution < -0.4 is 5.32 Å². The molecular weight excluding hydrogens is 307 g/mol. The number of carbonyl (C=O) groups is 1. The second kappa shape index (κ2) is 9.14. The van der Waals surface area contributed by atoms with Gasteiger partial charge in [0.1, 0.15) is 5.82 Å². The van der Waals surface area contributed by atoms with E-state index in [1.54, 1.807) is 12.1 Å². The number of aliphatic hydroxyl groups is 1. The minimum atomic E-state index is -0.374. The molecule has 2 N–H and O–H groups in total. The Morgan fingerprint density at radius 2 is 2.25 bits per heavy atom. The first kappa shape index (κ1) is 18.9. The maximum Gasteiger partial charge on any atom is 0.224 e. The van der Waals surface area contributed by atoms with Gasteiger partial charge in [-0.25, -0.2) is 4.39 Å². The van der Waals surface area contributed by atoms with Gasteiger partial charge in [-0.2, -0.15) is 0 Å². The normalized spacial score (nSPS) is 20.1. The van der Waals surface area contributed by atoms with Crippen LogP contribution in [0.3, 0.4) is 0 Å². The van der Waals surface area contributed by atoms with Crippen LogP contribution in [-0.2, 0) is 11.3 Å². The summed E-state index contributed by atoms with van der Waals surface area (Å²) in [5.74, 6) is 0.0271. The molecule has 1 saturated heterocycles. The number of hydrogen-bond acceptors (Lipinski definition) is 3. The zero-order valence-electron chi connectivity index (χ0n) is 14.7. The second-order valence-corrected chi connectivity index (χ2v) is 7.10. The SMILES string of the molecule is CC(C)C(O)CCNC(=O)C1CCCN(Cc2cccc(F)c2)C1. The van der Waals surface area contributed by atoms with Crippen LogP contribution in [0.5, 0.6) is 0 Å². The molecule has 0 saturated carbocycles. The lowest BCUT2D eigenvalue weighted by Crippen LogP contribution is -2.43. The molecule has 4 nitrogen and oxygen atoms in total. The lowest BCUT2D eigenvalue weighted by molar-refractivity contribution is -0.126. The van der Waals surface area contributed by atoms with Gasteiger partial charge < -0.3 is 10.4 Å². The molecule has 24 heavy (non-hydrogen) atoms. The molecule has 0 spiro atoms. The number of benzene rings is 1. The van der Waals surface area contributed by atoms with E-state index in [9.17, 15) is 14.3 Å². The number of nitrogens with zero attached hydrogens (tertiary/aromatic N) is 1. The smallest absolute Gasteiger partial charge is 0.224 e. The molecule has 2 rings (SSSR count). The minimum Gasteiger partial charge on any atom is -0.393 e. The summed E-state index contributed by atoms with van der Waals surface area (Å²) in [6.45, 7) is 6.77. The Hall–Kier alpha value is -1.46. The molecule has 0 radical (unpaired) electrons. The predicted octanol–water partition coefficient (Wildman–Crippen LogP) is 2.56. The monoisotopic (exact) mass is 336 g/mol. The van der Waals surface area contributed by atoms with E-state index in [2.05, 4.69) is 10.2 Å². The van der Waals surface area contributed by atoms with Crippen LogP contribution in [0.1, 0.15) is 38.7 Å². The van der Waals surface area contributed by atoms with Gasteiger partial charge in [0.2, 0.25) is 5.91 Å². The third-order valence-corrected chi connectivity index (χ3v) is 4.68. The van der Waals surface area contributed by atoms with Gasteiger partial charge in [0.05, 0.1) is 12.0 Å². The van der Waals surface area contributed by atoms with Crippen LogP contribution in [0, 0.1) is 17.7 Å². The summed E-state index contributed by atoms with van der Waals surface area (Å²) < 4.78 is 13.3. The largest absolute Gasteiger partial charge is 0.393 e. The molecule has 1 aromatic carbocycles. The molecule has 1 aromatic rings. The van der Waals surface area contributed by atoms with E-state index in [1.807, 2.05) is 19.9 Å². The van der Waals surface area contributed by atoms with Gasteiger partial charge in [0.25, 0.3) is 0 Å². The summed E-state index contributed by atoms with van der Waals surface area (Å²) >= 11 is 0. The van der Waals surface area contributed by atoms with Crippen molar-refractivity contribution in [2.75, 3.05) is 19.6 Å². The van der Waals surface area contributed by atoms with Gasteiger partial charge in [-0.3, -0.25) is 9.69 Å². The summed E-state index contributed by atoms with van der Waals surface area (Å²) in [6.07, 6.45) is 2.07. The van der Waals surface area contributed by atoms with E-state index in [0.717, 1.165) is 24.9 Å². The number of hydrogen-bond donors (Lipinski definition) is 2. The van der Waals surface area contributed by atoms with E-state index >= 15 is 0 Å².